The van der Waals surface area contributed by atoms with Crippen molar-refractivity contribution in [2.75, 3.05) is 26.0 Å². The minimum absolute atomic E-state index is 0.101. The first-order valence-electron chi connectivity index (χ1n) is 11.9. The molecule has 0 aliphatic rings. The van der Waals surface area contributed by atoms with Crippen LogP contribution in [0.1, 0.15) is 54.4 Å². The lowest BCUT2D eigenvalue weighted by atomic mass is 9.96. The van der Waals surface area contributed by atoms with Gasteiger partial charge in [0.2, 0.25) is 0 Å². The monoisotopic (exact) mass is 496 g/mol. The van der Waals surface area contributed by atoms with E-state index in [0.717, 1.165) is 17.7 Å². The molecule has 3 rings (SSSR count). The molecule has 1 unspecified atom stereocenters. The lowest BCUT2D eigenvalue weighted by Crippen LogP contribution is -2.29. The number of carbonyl (C=O) groups is 2. The fourth-order valence-corrected chi connectivity index (χ4v) is 4.06. The van der Waals surface area contributed by atoms with Gasteiger partial charge in [0.25, 0.3) is 5.91 Å². The number of nitrogens with one attached hydrogen (secondary N) is 1. The molecule has 7 nitrogen and oxygen atoms in total. The Morgan fingerprint density at radius 3 is 2.47 bits per heavy atom. The summed E-state index contributed by atoms with van der Waals surface area (Å²) >= 11 is 0. The van der Waals surface area contributed by atoms with Crippen molar-refractivity contribution < 1.29 is 28.2 Å². The fourth-order valence-electron chi connectivity index (χ4n) is 4.06. The van der Waals surface area contributed by atoms with Gasteiger partial charge in [0.15, 0.2) is 11.6 Å². The van der Waals surface area contributed by atoms with Crippen LogP contribution in [0.25, 0.3) is 11.3 Å². The smallest absolute Gasteiger partial charge is 0.305 e. The summed E-state index contributed by atoms with van der Waals surface area (Å²) in [5.41, 5.74) is 2.56. The highest BCUT2D eigenvalue weighted by atomic mass is 19.1. The highest BCUT2D eigenvalue weighted by molar-refractivity contribution is 5.94. The third kappa shape index (κ3) is 6.44. The number of aliphatic carboxylic acids is 1. The Labute approximate surface area is 210 Å². The first-order valence-corrected chi connectivity index (χ1v) is 11.9. The van der Waals surface area contributed by atoms with E-state index in [9.17, 15) is 14.0 Å². The van der Waals surface area contributed by atoms with Crippen molar-refractivity contribution in [2.45, 2.75) is 39.7 Å². The lowest BCUT2D eigenvalue weighted by Gasteiger charge is -2.22. The third-order valence-electron chi connectivity index (χ3n) is 5.97. The van der Waals surface area contributed by atoms with Crippen molar-refractivity contribution in [1.82, 2.24) is 4.90 Å². The summed E-state index contributed by atoms with van der Waals surface area (Å²) in [5.74, 6) is -0.00518. The number of methoxy groups -OCH3 is 1. The number of halogens is 1. The number of carboxylic acid groups (broad SMARTS) is 1. The molecule has 1 atom stereocenters. The van der Waals surface area contributed by atoms with Gasteiger partial charge in [0, 0.05) is 30.4 Å². The van der Waals surface area contributed by atoms with Gasteiger partial charge in [-0.1, -0.05) is 19.9 Å². The Kier molecular flexibility index (Phi) is 8.74. The molecular weight excluding hydrogens is 463 g/mol. The fraction of sp³-hybridized carbons (Fsp3) is 0.357. The highest BCUT2D eigenvalue weighted by Crippen LogP contribution is 2.36. The van der Waals surface area contributed by atoms with Crippen LogP contribution in [0.3, 0.4) is 0 Å². The number of anilines is 1. The van der Waals surface area contributed by atoms with Gasteiger partial charge in [-0.2, -0.15) is 0 Å². The highest BCUT2D eigenvalue weighted by Gasteiger charge is 2.22. The Morgan fingerprint density at radius 2 is 1.86 bits per heavy atom. The van der Waals surface area contributed by atoms with Gasteiger partial charge in [-0.3, -0.25) is 9.59 Å². The number of hydrogen-bond donors (Lipinski definition) is 2. The number of nitrogens with zero attached hydrogens (tertiary/aromatic N) is 1. The van der Waals surface area contributed by atoms with Crippen molar-refractivity contribution in [3.8, 4) is 17.1 Å². The molecule has 0 aliphatic carbocycles. The largest absolute Gasteiger partial charge is 0.494 e. The average Bonchev–Trinajstić information content (AvgIpc) is 3.23. The molecule has 36 heavy (non-hydrogen) atoms. The second kappa shape index (κ2) is 11.7. The molecule has 192 valence electrons. The van der Waals surface area contributed by atoms with Crippen LogP contribution in [0.5, 0.6) is 5.75 Å². The molecule has 1 aromatic heterocycles. The summed E-state index contributed by atoms with van der Waals surface area (Å²) < 4.78 is 25.9. The second-order valence-electron chi connectivity index (χ2n) is 9.22. The first-order chi connectivity index (χ1) is 17.1. The van der Waals surface area contributed by atoms with E-state index in [1.54, 1.807) is 37.4 Å². The van der Waals surface area contributed by atoms with Gasteiger partial charge in [0.05, 0.1) is 25.1 Å². The van der Waals surface area contributed by atoms with Crippen LogP contribution in [-0.4, -0.2) is 42.6 Å². The third-order valence-corrected chi connectivity index (χ3v) is 5.97. The van der Waals surface area contributed by atoms with Gasteiger partial charge >= 0.3 is 5.97 Å². The summed E-state index contributed by atoms with van der Waals surface area (Å²) in [4.78, 5) is 24.7. The zero-order valence-electron chi connectivity index (χ0n) is 21.3. The van der Waals surface area contributed by atoms with Crippen molar-refractivity contribution in [1.29, 1.82) is 0 Å². The summed E-state index contributed by atoms with van der Waals surface area (Å²) in [6, 6.07) is 13.8. The van der Waals surface area contributed by atoms with Gasteiger partial charge < -0.3 is 24.5 Å². The number of carbonyl (C=O) groups excluding carboxylic acids is 1. The number of benzene rings is 2. The van der Waals surface area contributed by atoms with Crippen LogP contribution in [0, 0.1) is 18.7 Å². The van der Waals surface area contributed by atoms with Gasteiger partial charge in [-0.25, -0.2) is 4.39 Å². The zero-order valence-corrected chi connectivity index (χ0v) is 21.3. The maximum Gasteiger partial charge on any atom is 0.305 e. The molecule has 0 saturated carbocycles. The minimum atomic E-state index is -0.947. The molecule has 1 heterocycles. The van der Waals surface area contributed by atoms with Gasteiger partial charge in [0.1, 0.15) is 11.5 Å². The summed E-state index contributed by atoms with van der Waals surface area (Å²) in [6.45, 7) is 6.25. The number of ether oxygens (including phenoxy) is 1. The number of hydrogen-bond acceptors (Lipinski definition) is 5. The van der Waals surface area contributed by atoms with E-state index in [2.05, 4.69) is 19.2 Å². The Hall–Kier alpha value is -3.81. The number of amides is 1. The van der Waals surface area contributed by atoms with Gasteiger partial charge in [-0.05, 0) is 61.7 Å². The quantitative estimate of drug-likeness (QED) is 0.331. The van der Waals surface area contributed by atoms with Crippen molar-refractivity contribution in [3.05, 3.63) is 71.2 Å². The Morgan fingerprint density at radius 1 is 1.17 bits per heavy atom. The Balaban J connectivity index is 1.82. The van der Waals surface area contributed by atoms with Crippen LogP contribution in [0.15, 0.2) is 52.9 Å². The van der Waals surface area contributed by atoms with E-state index in [1.165, 1.54) is 12.0 Å². The van der Waals surface area contributed by atoms with Crippen molar-refractivity contribution in [3.63, 3.8) is 0 Å². The van der Waals surface area contributed by atoms with Crippen molar-refractivity contribution in [2.24, 2.45) is 5.92 Å². The first kappa shape index (κ1) is 26.8. The zero-order chi connectivity index (χ0) is 26.4. The van der Waals surface area contributed by atoms with Crippen LogP contribution < -0.4 is 10.1 Å². The SMILES string of the molecule is COc1cccc(-c2cc(C(CC(C)C)Nc3ccc(C(=O)N(C)CCC(=O)O)cc3)c(C)o2)c1F. The van der Waals surface area contributed by atoms with E-state index in [1.807, 2.05) is 25.1 Å². The minimum Gasteiger partial charge on any atom is -0.494 e. The maximum absolute atomic E-state index is 14.8. The Bertz CT molecular complexity index is 1200. The summed E-state index contributed by atoms with van der Waals surface area (Å²) in [6.07, 6.45) is 0.698. The molecule has 0 radical (unpaired) electrons. The predicted octanol–water partition coefficient (Wildman–Crippen LogP) is 6.15. The number of aryl methyl sites for hydroxylation is 1. The van der Waals surface area contributed by atoms with Crippen LogP contribution >= 0.6 is 0 Å². The number of furan rings is 1. The summed E-state index contributed by atoms with van der Waals surface area (Å²) in [7, 11) is 3.01. The van der Waals surface area contributed by atoms with E-state index < -0.39 is 11.8 Å². The lowest BCUT2D eigenvalue weighted by molar-refractivity contribution is -0.137. The average molecular weight is 497 g/mol. The van der Waals surface area contributed by atoms with Crippen molar-refractivity contribution >= 4 is 17.6 Å². The molecule has 0 spiro atoms. The van der Waals surface area contributed by atoms with Crippen LogP contribution in [-0.2, 0) is 4.79 Å². The molecule has 8 heteroatoms. The second-order valence-corrected chi connectivity index (χ2v) is 9.22. The molecule has 2 aromatic carbocycles. The topological polar surface area (TPSA) is 92.0 Å². The predicted molar refractivity (Wildman–Crippen MR) is 137 cm³/mol. The standard InChI is InChI=1S/C28H33FN2O5/c1-17(2)15-23(22-16-25(36-18(22)3)21-7-6-8-24(35-5)27(21)29)30-20-11-9-19(10-12-20)28(34)31(4)14-13-26(32)33/h6-12,16-17,23,30H,13-15H2,1-5H3,(H,32,33). The molecule has 0 bridgehead atoms. The maximum atomic E-state index is 14.8. The molecule has 1 amide bonds. The molecule has 2 N–H and O–H groups in total. The molecule has 3 aromatic rings. The molecule has 0 aliphatic heterocycles. The molecular formula is C28H33FN2O5. The van der Waals surface area contributed by atoms with Crippen LogP contribution in [0.2, 0.25) is 0 Å². The van der Waals surface area contributed by atoms with Gasteiger partial charge in [-0.15, -0.1) is 0 Å². The van der Waals surface area contributed by atoms with E-state index in [-0.39, 0.29) is 30.7 Å². The van der Waals surface area contributed by atoms with Crippen LogP contribution in [0.4, 0.5) is 10.1 Å². The molecule has 0 saturated heterocycles. The number of carboxylic acids is 1. The van der Waals surface area contributed by atoms with E-state index in [4.69, 9.17) is 14.3 Å². The number of rotatable bonds is 11. The summed E-state index contributed by atoms with van der Waals surface area (Å²) in [5, 5.41) is 12.4. The van der Waals surface area contributed by atoms with E-state index in [0.29, 0.717) is 28.6 Å². The van der Waals surface area contributed by atoms with E-state index >= 15 is 0 Å². The normalized spacial score (nSPS) is 11.9. The molecule has 0 fully saturated rings.